The van der Waals surface area contributed by atoms with Gasteiger partial charge >= 0.3 is 12.0 Å². The van der Waals surface area contributed by atoms with Crippen LogP contribution in [-0.4, -0.2) is 59.1 Å². The zero-order chi connectivity index (χ0) is 17.7. The van der Waals surface area contributed by atoms with E-state index in [1.165, 1.54) is 5.56 Å². The van der Waals surface area contributed by atoms with Gasteiger partial charge in [0.1, 0.15) is 0 Å². The first-order valence-corrected chi connectivity index (χ1v) is 8.42. The Morgan fingerprint density at radius 3 is 2.62 bits per heavy atom. The Kier molecular flexibility index (Phi) is 6.20. The van der Waals surface area contributed by atoms with E-state index in [1.54, 1.807) is 11.9 Å². The SMILES string of the molecule is CCN(CC(=O)O)C1CC(NC(=O)N(C)Cc2cccc(C)c2)C1. The van der Waals surface area contributed by atoms with Gasteiger partial charge in [0.25, 0.3) is 0 Å². The van der Waals surface area contributed by atoms with Gasteiger partial charge in [0, 0.05) is 25.7 Å². The summed E-state index contributed by atoms with van der Waals surface area (Å²) in [5, 5.41) is 11.9. The molecule has 6 nitrogen and oxygen atoms in total. The summed E-state index contributed by atoms with van der Waals surface area (Å²) in [5.41, 5.74) is 2.29. The van der Waals surface area contributed by atoms with Crippen molar-refractivity contribution in [1.29, 1.82) is 0 Å². The minimum absolute atomic E-state index is 0.0646. The molecule has 0 aromatic heterocycles. The lowest BCUT2D eigenvalue weighted by molar-refractivity contribution is -0.139. The summed E-state index contributed by atoms with van der Waals surface area (Å²) < 4.78 is 0. The molecule has 0 bridgehead atoms. The van der Waals surface area contributed by atoms with Gasteiger partial charge in [0.2, 0.25) is 0 Å². The van der Waals surface area contributed by atoms with Gasteiger partial charge in [-0.3, -0.25) is 9.69 Å². The third kappa shape index (κ3) is 4.96. The minimum Gasteiger partial charge on any atom is -0.480 e. The van der Waals surface area contributed by atoms with Crippen LogP contribution in [0.25, 0.3) is 0 Å². The van der Waals surface area contributed by atoms with Crippen molar-refractivity contribution in [3.05, 3.63) is 35.4 Å². The predicted octanol–water partition coefficient (Wildman–Crippen LogP) is 2.07. The third-order valence-electron chi connectivity index (χ3n) is 4.55. The second-order valence-corrected chi connectivity index (χ2v) is 6.57. The van der Waals surface area contributed by atoms with E-state index in [0.29, 0.717) is 13.1 Å². The molecule has 1 saturated carbocycles. The first-order chi connectivity index (χ1) is 11.4. The Morgan fingerprint density at radius 1 is 1.33 bits per heavy atom. The number of nitrogens with one attached hydrogen (secondary N) is 1. The first-order valence-electron chi connectivity index (χ1n) is 8.42. The van der Waals surface area contributed by atoms with Crippen LogP contribution in [0.3, 0.4) is 0 Å². The molecule has 1 aromatic carbocycles. The van der Waals surface area contributed by atoms with Crippen LogP contribution in [0.2, 0.25) is 0 Å². The lowest BCUT2D eigenvalue weighted by Gasteiger charge is -2.42. The fourth-order valence-corrected chi connectivity index (χ4v) is 3.12. The summed E-state index contributed by atoms with van der Waals surface area (Å²) in [6.07, 6.45) is 1.62. The van der Waals surface area contributed by atoms with Crippen LogP contribution in [0.5, 0.6) is 0 Å². The molecule has 1 aromatic rings. The maximum Gasteiger partial charge on any atom is 0.317 e. The Bertz CT molecular complexity index is 585. The van der Waals surface area contributed by atoms with Gasteiger partial charge in [0.15, 0.2) is 0 Å². The van der Waals surface area contributed by atoms with Crippen LogP contribution in [-0.2, 0) is 11.3 Å². The number of rotatable bonds is 7. The summed E-state index contributed by atoms with van der Waals surface area (Å²) in [7, 11) is 1.79. The van der Waals surface area contributed by atoms with Crippen LogP contribution in [0.15, 0.2) is 24.3 Å². The summed E-state index contributed by atoms with van der Waals surface area (Å²) in [6.45, 7) is 5.35. The number of aliphatic carboxylic acids is 1. The van der Waals surface area contributed by atoms with Gasteiger partial charge in [-0.15, -0.1) is 0 Å². The van der Waals surface area contributed by atoms with Crippen LogP contribution in [0.1, 0.15) is 30.9 Å². The fourth-order valence-electron chi connectivity index (χ4n) is 3.12. The van der Waals surface area contributed by atoms with Crippen LogP contribution < -0.4 is 5.32 Å². The third-order valence-corrected chi connectivity index (χ3v) is 4.55. The van der Waals surface area contributed by atoms with Gasteiger partial charge in [-0.2, -0.15) is 0 Å². The highest BCUT2D eigenvalue weighted by atomic mass is 16.4. The molecule has 0 radical (unpaired) electrons. The van der Waals surface area contributed by atoms with E-state index in [0.717, 1.165) is 18.4 Å². The van der Waals surface area contributed by atoms with Crippen molar-refractivity contribution in [3.8, 4) is 0 Å². The van der Waals surface area contributed by atoms with Gasteiger partial charge in [-0.25, -0.2) is 4.79 Å². The molecular weight excluding hydrogens is 306 g/mol. The molecule has 1 fully saturated rings. The molecule has 1 aliphatic rings. The zero-order valence-corrected chi connectivity index (χ0v) is 14.7. The highest BCUT2D eigenvalue weighted by Crippen LogP contribution is 2.25. The Labute approximate surface area is 143 Å². The largest absolute Gasteiger partial charge is 0.480 e. The molecule has 24 heavy (non-hydrogen) atoms. The molecule has 2 N–H and O–H groups in total. The van der Waals surface area contributed by atoms with Crippen molar-refractivity contribution in [2.75, 3.05) is 20.1 Å². The molecule has 132 valence electrons. The predicted molar refractivity (Wildman–Crippen MR) is 92.9 cm³/mol. The fraction of sp³-hybridized carbons (Fsp3) is 0.556. The monoisotopic (exact) mass is 333 g/mol. The van der Waals surface area contributed by atoms with Gasteiger partial charge in [0.05, 0.1) is 6.54 Å². The number of nitrogens with zero attached hydrogens (tertiary/aromatic N) is 2. The van der Waals surface area contributed by atoms with Crippen LogP contribution in [0, 0.1) is 6.92 Å². The smallest absolute Gasteiger partial charge is 0.317 e. The normalized spacial score (nSPS) is 19.7. The van der Waals surface area contributed by atoms with Crippen molar-refractivity contribution in [2.45, 2.75) is 45.3 Å². The first kappa shape index (κ1) is 18.3. The van der Waals surface area contributed by atoms with Crippen LogP contribution in [0.4, 0.5) is 4.79 Å². The Morgan fingerprint density at radius 2 is 2.04 bits per heavy atom. The van der Waals surface area contributed by atoms with E-state index in [-0.39, 0.29) is 24.7 Å². The summed E-state index contributed by atoms with van der Waals surface area (Å²) in [6, 6.07) is 8.42. The summed E-state index contributed by atoms with van der Waals surface area (Å²) >= 11 is 0. The molecule has 0 atom stereocenters. The van der Waals surface area contributed by atoms with E-state index in [9.17, 15) is 9.59 Å². The molecule has 1 aliphatic carbocycles. The average molecular weight is 333 g/mol. The van der Waals surface area contributed by atoms with Gasteiger partial charge < -0.3 is 15.3 Å². The van der Waals surface area contributed by atoms with E-state index in [2.05, 4.69) is 11.4 Å². The number of amides is 2. The number of carbonyl (C=O) groups excluding carboxylic acids is 1. The van der Waals surface area contributed by atoms with E-state index in [1.807, 2.05) is 36.9 Å². The van der Waals surface area contributed by atoms with Crippen molar-refractivity contribution in [1.82, 2.24) is 15.1 Å². The Balaban J connectivity index is 1.76. The molecule has 0 unspecified atom stereocenters. The molecule has 0 heterocycles. The number of aryl methyl sites for hydroxylation is 1. The summed E-state index contributed by atoms with van der Waals surface area (Å²) in [4.78, 5) is 26.7. The van der Waals surface area contributed by atoms with Gasteiger partial charge in [-0.1, -0.05) is 36.8 Å². The molecule has 6 heteroatoms. The van der Waals surface area contributed by atoms with E-state index >= 15 is 0 Å². The highest BCUT2D eigenvalue weighted by molar-refractivity contribution is 5.74. The number of benzene rings is 1. The number of carbonyl (C=O) groups is 2. The molecule has 0 aliphatic heterocycles. The van der Waals surface area contributed by atoms with Crippen LogP contribution >= 0.6 is 0 Å². The van der Waals surface area contributed by atoms with E-state index in [4.69, 9.17) is 5.11 Å². The zero-order valence-electron chi connectivity index (χ0n) is 14.7. The van der Waals surface area contributed by atoms with Crippen molar-refractivity contribution >= 4 is 12.0 Å². The number of hydrogen-bond acceptors (Lipinski definition) is 3. The van der Waals surface area contributed by atoms with Gasteiger partial charge in [-0.05, 0) is 31.9 Å². The lowest BCUT2D eigenvalue weighted by atomic mass is 9.85. The van der Waals surface area contributed by atoms with Crippen molar-refractivity contribution in [2.24, 2.45) is 0 Å². The molecular formula is C18H27N3O3. The second-order valence-electron chi connectivity index (χ2n) is 6.57. The van der Waals surface area contributed by atoms with Crippen molar-refractivity contribution in [3.63, 3.8) is 0 Å². The van der Waals surface area contributed by atoms with E-state index < -0.39 is 5.97 Å². The molecule has 2 amide bonds. The number of carboxylic acids is 1. The number of likely N-dealkylation sites (N-methyl/N-ethyl adjacent to an activating group) is 1. The number of carboxylic acid groups (broad SMARTS) is 1. The average Bonchev–Trinajstić information content (AvgIpc) is 2.48. The molecule has 0 saturated heterocycles. The quantitative estimate of drug-likeness (QED) is 0.801. The number of hydrogen-bond donors (Lipinski definition) is 2. The highest BCUT2D eigenvalue weighted by Gasteiger charge is 2.35. The second kappa shape index (κ2) is 8.15. The topological polar surface area (TPSA) is 72.9 Å². The van der Waals surface area contributed by atoms with Crippen molar-refractivity contribution < 1.29 is 14.7 Å². The lowest BCUT2D eigenvalue weighted by Crippen LogP contribution is -2.56. The Hall–Kier alpha value is -2.08. The molecule has 2 rings (SSSR count). The number of urea groups is 1. The maximum atomic E-state index is 12.3. The minimum atomic E-state index is -0.803. The standard InChI is InChI=1S/C18H27N3O3/c1-4-21(12-17(22)23)16-9-15(10-16)19-18(24)20(3)11-14-7-5-6-13(2)8-14/h5-8,15-16H,4,9-12H2,1-3H3,(H,19,24)(H,22,23). The maximum absolute atomic E-state index is 12.3. The summed E-state index contributed by atoms with van der Waals surface area (Å²) in [5.74, 6) is -0.803. The molecule has 0 spiro atoms.